The SMILES string of the molecule is Cc1cc(NC2CCCN(C)C2)ccc1F. The second-order valence-corrected chi connectivity index (χ2v) is 4.71. The molecule has 0 bridgehead atoms. The van der Waals surface area contributed by atoms with Crippen LogP contribution in [0.15, 0.2) is 18.2 Å². The minimum atomic E-state index is -0.133. The maximum absolute atomic E-state index is 13.1. The van der Waals surface area contributed by atoms with E-state index in [1.807, 2.05) is 12.1 Å². The number of likely N-dealkylation sites (N-methyl/N-ethyl adjacent to an activating group) is 1. The zero-order chi connectivity index (χ0) is 11.5. The molecule has 3 heteroatoms. The number of nitrogens with one attached hydrogen (secondary N) is 1. The molecule has 0 saturated carbocycles. The van der Waals surface area contributed by atoms with E-state index in [0.29, 0.717) is 11.6 Å². The van der Waals surface area contributed by atoms with Crippen LogP contribution in [0.1, 0.15) is 18.4 Å². The van der Waals surface area contributed by atoms with Crippen molar-refractivity contribution in [3.8, 4) is 0 Å². The lowest BCUT2D eigenvalue weighted by atomic mass is 10.1. The van der Waals surface area contributed by atoms with Gasteiger partial charge < -0.3 is 10.2 Å². The van der Waals surface area contributed by atoms with Crippen LogP contribution in [-0.4, -0.2) is 31.1 Å². The lowest BCUT2D eigenvalue weighted by Gasteiger charge is -2.31. The molecule has 1 aromatic carbocycles. The molecule has 0 radical (unpaired) electrons. The van der Waals surface area contributed by atoms with E-state index in [0.717, 1.165) is 12.2 Å². The van der Waals surface area contributed by atoms with Crippen molar-refractivity contribution in [2.75, 3.05) is 25.5 Å². The molecule has 88 valence electrons. The normalized spacial score (nSPS) is 22.1. The Bertz CT molecular complexity index is 365. The Hall–Kier alpha value is -1.09. The second kappa shape index (κ2) is 4.83. The first-order valence-electron chi connectivity index (χ1n) is 5.86. The molecule has 1 aliphatic rings. The van der Waals surface area contributed by atoms with Crippen molar-refractivity contribution in [3.63, 3.8) is 0 Å². The van der Waals surface area contributed by atoms with Crippen LogP contribution >= 0.6 is 0 Å². The van der Waals surface area contributed by atoms with Crippen molar-refractivity contribution in [2.45, 2.75) is 25.8 Å². The van der Waals surface area contributed by atoms with E-state index in [1.165, 1.54) is 25.5 Å². The van der Waals surface area contributed by atoms with Crippen LogP contribution in [0, 0.1) is 12.7 Å². The molecule has 0 amide bonds. The number of aryl methyl sites for hydroxylation is 1. The Labute approximate surface area is 96.5 Å². The second-order valence-electron chi connectivity index (χ2n) is 4.71. The molecule has 1 unspecified atom stereocenters. The van der Waals surface area contributed by atoms with E-state index in [4.69, 9.17) is 0 Å². The van der Waals surface area contributed by atoms with Crippen LogP contribution in [0.5, 0.6) is 0 Å². The summed E-state index contributed by atoms with van der Waals surface area (Å²) in [6.07, 6.45) is 2.43. The highest BCUT2D eigenvalue weighted by Gasteiger charge is 2.16. The van der Waals surface area contributed by atoms with Gasteiger partial charge in [-0.3, -0.25) is 0 Å². The number of rotatable bonds is 2. The molecule has 1 fully saturated rings. The summed E-state index contributed by atoms with van der Waals surface area (Å²) in [5, 5.41) is 3.47. The van der Waals surface area contributed by atoms with Gasteiger partial charge in [-0.25, -0.2) is 4.39 Å². The summed E-state index contributed by atoms with van der Waals surface area (Å²) in [4.78, 5) is 2.33. The molecule has 2 nitrogen and oxygen atoms in total. The fourth-order valence-corrected chi connectivity index (χ4v) is 2.25. The minimum Gasteiger partial charge on any atom is -0.381 e. The average molecular weight is 222 g/mol. The smallest absolute Gasteiger partial charge is 0.126 e. The third-order valence-corrected chi connectivity index (χ3v) is 3.15. The first-order valence-corrected chi connectivity index (χ1v) is 5.86. The van der Waals surface area contributed by atoms with E-state index in [2.05, 4.69) is 17.3 Å². The standard InChI is InChI=1S/C13H19FN2/c1-10-8-11(5-6-13(10)14)15-12-4-3-7-16(2)9-12/h5-6,8,12,15H,3-4,7,9H2,1-2H3. The zero-order valence-corrected chi connectivity index (χ0v) is 9.96. The summed E-state index contributed by atoms with van der Waals surface area (Å²) in [5.41, 5.74) is 1.73. The number of hydrogen-bond acceptors (Lipinski definition) is 2. The third-order valence-electron chi connectivity index (χ3n) is 3.15. The number of anilines is 1. The van der Waals surface area contributed by atoms with Crippen LogP contribution in [0.2, 0.25) is 0 Å². The molecule has 1 atom stereocenters. The third kappa shape index (κ3) is 2.73. The summed E-state index contributed by atoms with van der Waals surface area (Å²) in [6.45, 7) is 4.05. The van der Waals surface area contributed by atoms with Gasteiger partial charge in [0.2, 0.25) is 0 Å². The number of halogens is 1. The summed E-state index contributed by atoms with van der Waals surface area (Å²) < 4.78 is 13.1. The lowest BCUT2D eigenvalue weighted by molar-refractivity contribution is 0.261. The Morgan fingerprint density at radius 2 is 2.25 bits per heavy atom. The van der Waals surface area contributed by atoms with Crippen LogP contribution in [0.3, 0.4) is 0 Å². The van der Waals surface area contributed by atoms with Crippen LogP contribution < -0.4 is 5.32 Å². The fourth-order valence-electron chi connectivity index (χ4n) is 2.25. The van der Waals surface area contributed by atoms with E-state index >= 15 is 0 Å². The van der Waals surface area contributed by atoms with Gasteiger partial charge in [-0.1, -0.05) is 0 Å². The van der Waals surface area contributed by atoms with Gasteiger partial charge in [-0.05, 0) is 57.1 Å². The lowest BCUT2D eigenvalue weighted by Crippen LogP contribution is -2.39. The minimum absolute atomic E-state index is 0.133. The maximum Gasteiger partial charge on any atom is 0.126 e. The Morgan fingerprint density at radius 3 is 2.94 bits per heavy atom. The Morgan fingerprint density at radius 1 is 1.44 bits per heavy atom. The van der Waals surface area contributed by atoms with Crippen molar-refractivity contribution in [1.29, 1.82) is 0 Å². The van der Waals surface area contributed by atoms with Crippen molar-refractivity contribution in [3.05, 3.63) is 29.6 Å². The molecule has 16 heavy (non-hydrogen) atoms. The van der Waals surface area contributed by atoms with E-state index < -0.39 is 0 Å². The van der Waals surface area contributed by atoms with Gasteiger partial charge in [-0.15, -0.1) is 0 Å². The van der Waals surface area contributed by atoms with Crippen molar-refractivity contribution in [2.24, 2.45) is 0 Å². The first kappa shape index (κ1) is 11.4. The van der Waals surface area contributed by atoms with E-state index in [9.17, 15) is 4.39 Å². The van der Waals surface area contributed by atoms with Gasteiger partial charge in [0.05, 0.1) is 0 Å². The maximum atomic E-state index is 13.1. The molecule has 2 rings (SSSR count). The largest absolute Gasteiger partial charge is 0.381 e. The van der Waals surface area contributed by atoms with Crippen LogP contribution in [0.4, 0.5) is 10.1 Å². The predicted octanol–water partition coefficient (Wildman–Crippen LogP) is 2.64. The van der Waals surface area contributed by atoms with Gasteiger partial charge >= 0.3 is 0 Å². The van der Waals surface area contributed by atoms with Gasteiger partial charge in [0.15, 0.2) is 0 Å². The van der Waals surface area contributed by atoms with Crippen LogP contribution in [0.25, 0.3) is 0 Å². The van der Waals surface area contributed by atoms with Gasteiger partial charge in [0.25, 0.3) is 0 Å². The van der Waals surface area contributed by atoms with Gasteiger partial charge in [0.1, 0.15) is 5.82 Å². The fraction of sp³-hybridized carbons (Fsp3) is 0.538. The number of piperidine rings is 1. The van der Waals surface area contributed by atoms with Crippen molar-refractivity contribution in [1.82, 2.24) is 4.90 Å². The molecule has 0 aromatic heterocycles. The van der Waals surface area contributed by atoms with Crippen LogP contribution in [-0.2, 0) is 0 Å². The monoisotopic (exact) mass is 222 g/mol. The molecule has 1 heterocycles. The topological polar surface area (TPSA) is 15.3 Å². The van der Waals surface area contributed by atoms with Crippen molar-refractivity contribution >= 4 is 5.69 Å². The van der Waals surface area contributed by atoms with E-state index in [1.54, 1.807) is 6.92 Å². The highest BCUT2D eigenvalue weighted by molar-refractivity contribution is 5.46. The van der Waals surface area contributed by atoms with Gasteiger partial charge in [-0.2, -0.15) is 0 Å². The molecule has 0 aliphatic carbocycles. The summed E-state index contributed by atoms with van der Waals surface area (Å²) >= 11 is 0. The quantitative estimate of drug-likeness (QED) is 0.827. The molecular weight excluding hydrogens is 203 g/mol. The number of hydrogen-bond donors (Lipinski definition) is 1. The predicted molar refractivity (Wildman–Crippen MR) is 65.3 cm³/mol. The number of benzene rings is 1. The number of likely N-dealkylation sites (tertiary alicyclic amines) is 1. The molecule has 1 aromatic rings. The summed E-state index contributed by atoms with van der Waals surface area (Å²) in [6, 6.07) is 5.72. The zero-order valence-electron chi connectivity index (χ0n) is 9.96. The number of nitrogens with zero attached hydrogens (tertiary/aromatic N) is 1. The Kier molecular flexibility index (Phi) is 3.44. The summed E-state index contributed by atoms with van der Waals surface area (Å²) in [5.74, 6) is -0.133. The van der Waals surface area contributed by atoms with E-state index in [-0.39, 0.29) is 5.82 Å². The van der Waals surface area contributed by atoms with Crippen molar-refractivity contribution < 1.29 is 4.39 Å². The Balaban J connectivity index is 2.00. The van der Waals surface area contributed by atoms with Gasteiger partial charge in [0, 0.05) is 18.3 Å². The molecular formula is C13H19FN2. The summed E-state index contributed by atoms with van der Waals surface area (Å²) in [7, 11) is 2.14. The first-order chi connectivity index (χ1) is 7.65. The molecule has 0 spiro atoms. The molecule has 1 aliphatic heterocycles. The highest BCUT2D eigenvalue weighted by atomic mass is 19.1. The molecule has 1 saturated heterocycles. The molecule has 1 N–H and O–H groups in total. The average Bonchev–Trinajstić information content (AvgIpc) is 2.24. The highest BCUT2D eigenvalue weighted by Crippen LogP contribution is 2.18.